The number of hydrogen-bond donors (Lipinski definition) is 1. The van der Waals surface area contributed by atoms with E-state index in [0.717, 1.165) is 5.69 Å². The van der Waals surface area contributed by atoms with Gasteiger partial charge in [-0.2, -0.15) is 5.10 Å². The molecule has 0 fully saturated rings. The summed E-state index contributed by atoms with van der Waals surface area (Å²) >= 11 is 0. The third-order valence-electron chi connectivity index (χ3n) is 3.43. The van der Waals surface area contributed by atoms with Crippen LogP contribution in [0.4, 0.5) is 5.82 Å². The van der Waals surface area contributed by atoms with Gasteiger partial charge in [-0.05, 0) is 19.4 Å². The van der Waals surface area contributed by atoms with E-state index in [9.17, 15) is 4.79 Å². The molecule has 1 N–H and O–H groups in total. The highest BCUT2D eigenvalue weighted by Crippen LogP contribution is 2.13. The lowest BCUT2D eigenvalue weighted by Gasteiger charge is -2.05. The topological polar surface area (TPSA) is 72.7 Å². The third kappa shape index (κ3) is 3.60. The molecule has 0 unspecified atom stereocenters. The summed E-state index contributed by atoms with van der Waals surface area (Å²) in [5, 5.41) is 7.18. The van der Waals surface area contributed by atoms with Crippen LogP contribution in [0.2, 0.25) is 0 Å². The van der Waals surface area contributed by atoms with Crippen LogP contribution in [0.5, 0.6) is 0 Å². The summed E-state index contributed by atoms with van der Waals surface area (Å²) in [7, 11) is 0. The van der Waals surface area contributed by atoms with E-state index in [1.54, 1.807) is 0 Å². The van der Waals surface area contributed by atoms with Gasteiger partial charge in [-0.25, -0.2) is 4.98 Å². The first-order valence-corrected chi connectivity index (χ1v) is 7.29. The number of anilines is 1. The Morgan fingerprint density at radius 3 is 2.83 bits per heavy atom. The van der Waals surface area contributed by atoms with Crippen molar-refractivity contribution < 1.29 is 4.79 Å². The zero-order chi connectivity index (χ0) is 16.2. The van der Waals surface area contributed by atoms with Gasteiger partial charge in [0.25, 0.3) is 5.91 Å². The van der Waals surface area contributed by atoms with Crippen LogP contribution in [0.25, 0.3) is 0 Å². The van der Waals surface area contributed by atoms with Crippen molar-refractivity contribution in [2.75, 3.05) is 5.32 Å². The molecule has 0 aliphatic heterocycles. The highest BCUT2D eigenvalue weighted by Gasteiger charge is 2.11. The molecular formula is C17H17N5O. The van der Waals surface area contributed by atoms with Gasteiger partial charge in [-0.1, -0.05) is 29.8 Å². The highest BCUT2D eigenvalue weighted by atomic mass is 16.2. The second-order valence-electron chi connectivity index (χ2n) is 5.36. The van der Waals surface area contributed by atoms with Crippen molar-refractivity contribution in [3.63, 3.8) is 0 Å². The van der Waals surface area contributed by atoms with Gasteiger partial charge in [0.2, 0.25) is 0 Å². The van der Waals surface area contributed by atoms with Crippen molar-refractivity contribution in [1.29, 1.82) is 0 Å². The fourth-order valence-electron chi connectivity index (χ4n) is 2.31. The van der Waals surface area contributed by atoms with Gasteiger partial charge in [0.05, 0.1) is 12.7 Å². The predicted molar refractivity (Wildman–Crippen MR) is 87.2 cm³/mol. The Labute approximate surface area is 134 Å². The van der Waals surface area contributed by atoms with Gasteiger partial charge in [0.1, 0.15) is 5.69 Å². The first-order valence-electron chi connectivity index (χ1n) is 7.29. The molecule has 1 amide bonds. The number of aromatic nitrogens is 4. The first-order chi connectivity index (χ1) is 11.1. The first kappa shape index (κ1) is 14.9. The second-order valence-corrected chi connectivity index (χ2v) is 5.36. The van der Waals surface area contributed by atoms with Crippen LogP contribution < -0.4 is 5.32 Å². The normalized spacial score (nSPS) is 10.5. The van der Waals surface area contributed by atoms with Crippen LogP contribution in [0.15, 0.2) is 48.9 Å². The summed E-state index contributed by atoms with van der Waals surface area (Å²) in [6.45, 7) is 4.68. The van der Waals surface area contributed by atoms with Crippen molar-refractivity contribution in [3.05, 3.63) is 71.4 Å². The van der Waals surface area contributed by atoms with E-state index in [1.165, 1.54) is 29.7 Å². The summed E-state index contributed by atoms with van der Waals surface area (Å²) in [5.41, 5.74) is 3.62. The lowest BCUT2D eigenvalue weighted by Crippen LogP contribution is -2.14. The summed E-state index contributed by atoms with van der Waals surface area (Å²) in [6.07, 6.45) is 4.43. The quantitative estimate of drug-likeness (QED) is 0.804. The molecule has 0 saturated heterocycles. The number of carbonyl (C=O) groups is 1. The molecule has 0 radical (unpaired) electrons. The molecule has 0 atom stereocenters. The minimum atomic E-state index is -0.321. The number of nitrogens with zero attached hydrogens (tertiary/aromatic N) is 4. The molecule has 3 rings (SSSR count). The van der Waals surface area contributed by atoms with E-state index in [4.69, 9.17) is 0 Å². The zero-order valence-corrected chi connectivity index (χ0v) is 13.0. The number of benzene rings is 1. The van der Waals surface area contributed by atoms with E-state index in [0.29, 0.717) is 12.4 Å². The Morgan fingerprint density at radius 2 is 2.09 bits per heavy atom. The van der Waals surface area contributed by atoms with Gasteiger partial charge in [0, 0.05) is 24.2 Å². The fourth-order valence-corrected chi connectivity index (χ4v) is 2.31. The maximum absolute atomic E-state index is 12.1. The SMILES string of the molecule is Cc1cccc(Cn2nc(NC(=O)c3cnccn3)cc2C)c1. The molecule has 23 heavy (non-hydrogen) atoms. The molecular weight excluding hydrogens is 290 g/mol. The van der Waals surface area contributed by atoms with E-state index < -0.39 is 0 Å². The zero-order valence-electron chi connectivity index (χ0n) is 13.0. The minimum Gasteiger partial charge on any atom is -0.304 e. The molecule has 0 spiro atoms. The van der Waals surface area contributed by atoms with Gasteiger partial charge in [-0.3, -0.25) is 14.5 Å². The molecule has 116 valence electrons. The van der Waals surface area contributed by atoms with E-state index in [2.05, 4.69) is 45.5 Å². The van der Waals surface area contributed by atoms with Crippen LogP contribution in [-0.4, -0.2) is 25.7 Å². The standard InChI is InChI=1S/C17H17N5O/c1-12-4-3-5-14(8-12)11-22-13(2)9-16(21-22)20-17(23)15-10-18-6-7-19-15/h3-10H,11H2,1-2H3,(H,20,21,23). The molecule has 0 aliphatic carbocycles. The predicted octanol–water partition coefficient (Wildman–Crippen LogP) is 2.59. The van der Waals surface area contributed by atoms with E-state index in [-0.39, 0.29) is 11.6 Å². The molecule has 0 bridgehead atoms. The largest absolute Gasteiger partial charge is 0.304 e. The van der Waals surface area contributed by atoms with Crippen molar-refractivity contribution in [3.8, 4) is 0 Å². The number of hydrogen-bond acceptors (Lipinski definition) is 4. The van der Waals surface area contributed by atoms with E-state index >= 15 is 0 Å². The molecule has 2 aromatic heterocycles. The van der Waals surface area contributed by atoms with Crippen LogP contribution in [0, 0.1) is 13.8 Å². The lowest BCUT2D eigenvalue weighted by molar-refractivity contribution is 0.102. The Morgan fingerprint density at radius 1 is 1.22 bits per heavy atom. The Balaban J connectivity index is 1.75. The van der Waals surface area contributed by atoms with Crippen molar-refractivity contribution >= 4 is 11.7 Å². The van der Waals surface area contributed by atoms with Crippen LogP contribution in [0.3, 0.4) is 0 Å². The molecule has 0 aliphatic rings. The van der Waals surface area contributed by atoms with Gasteiger partial charge < -0.3 is 5.32 Å². The average molecular weight is 307 g/mol. The van der Waals surface area contributed by atoms with Gasteiger partial charge in [-0.15, -0.1) is 0 Å². The van der Waals surface area contributed by atoms with Crippen molar-refractivity contribution in [2.45, 2.75) is 20.4 Å². The highest BCUT2D eigenvalue weighted by molar-refractivity contribution is 6.02. The van der Waals surface area contributed by atoms with Crippen molar-refractivity contribution in [2.24, 2.45) is 0 Å². The van der Waals surface area contributed by atoms with Gasteiger partial charge >= 0.3 is 0 Å². The lowest BCUT2D eigenvalue weighted by atomic mass is 10.1. The maximum atomic E-state index is 12.1. The number of nitrogens with one attached hydrogen (secondary N) is 1. The monoisotopic (exact) mass is 307 g/mol. The van der Waals surface area contributed by atoms with Crippen LogP contribution in [-0.2, 0) is 6.54 Å². The molecule has 6 heteroatoms. The Hall–Kier alpha value is -3.02. The maximum Gasteiger partial charge on any atom is 0.277 e. The average Bonchev–Trinajstić information content (AvgIpc) is 2.87. The van der Waals surface area contributed by atoms with Crippen molar-refractivity contribution in [1.82, 2.24) is 19.7 Å². The third-order valence-corrected chi connectivity index (χ3v) is 3.43. The second kappa shape index (κ2) is 6.39. The molecule has 3 aromatic rings. The summed E-state index contributed by atoms with van der Waals surface area (Å²) < 4.78 is 1.86. The molecule has 2 heterocycles. The number of carbonyl (C=O) groups excluding carboxylic acids is 1. The molecule has 1 aromatic carbocycles. The summed E-state index contributed by atoms with van der Waals surface area (Å²) in [5.74, 6) is 0.184. The Kier molecular flexibility index (Phi) is 4.14. The number of aryl methyl sites for hydroxylation is 2. The smallest absolute Gasteiger partial charge is 0.277 e. The number of rotatable bonds is 4. The van der Waals surface area contributed by atoms with E-state index in [1.807, 2.05) is 23.7 Å². The summed E-state index contributed by atoms with van der Waals surface area (Å²) in [6, 6.07) is 10.1. The Bertz CT molecular complexity index is 826. The summed E-state index contributed by atoms with van der Waals surface area (Å²) in [4.78, 5) is 19.9. The van der Waals surface area contributed by atoms with Gasteiger partial charge in [0.15, 0.2) is 5.82 Å². The molecule has 0 saturated carbocycles. The number of amides is 1. The fraction of sp³-hybridized carbons (Fsp3) is 0.176. The van der Waals surface area contributed by atoms with Crippen LogP contribution >= 0.6 is 0 Å². The van der Waals surface area contributed by atoms with Crippen LogP contribution in [0.1, 0.15) is 27.3 Å². The minimum absolute atomic E-state index is 0.262. The molecule has 6 nitrogen and oxygen atoms in total.